The van der Waals surface area contributed by atoms with Crippen molar-refractivity contribution in [2.45, 2.75) is 46.2 Å². The summed E-state index contributed by atoms with van der Waals surface area (Å²) in [6.45, 7) is 10.8. The second-order valence-corrected chi connectivity index (χ2v) is 7.29. The van der Waals surface area contributed by atoms with Gasteiger partial charge in [-0.05, 0) is 12.5 Å². The zero-order chi connectivity index (χ0) is 16.7. The van der Waals surface area contributed by atoms with E-state index in [1.165, 1.54) is 10.6 Å². The van der Waals surface area contributed by atoms with Crippen molar-refractivity contribution in [3.8, 4) is 0 Å². The van der Waals surface area contributed by atoms with Crippen molar-refractivity contribution in [1.82, 2.24) is 15.6 Å². The number of thiazole rings is 1. The summed E-state index contributed by atoms with van der Waals surface area (Å²) in [5, 5.41) is 9.92. The molecule has 1 aromatic heterocycles. The Kier molecular flexibility index (Phi) is 6.16. The Labute approximate surface area is 143 Å². The molecule has 0 atom stereocenters. The van der Waals surface area contributed by atoms with Gasteiger partial charge in [0, 0.05) is 17.3 Å². The number of hydrogen-bond acceptors (Lipinski definition) is 3. The Morgan fingerprint density at radius 1 is 1.17 bits per heavy atom. The maximum absolute atomic E-state index is 4.71. The summed E-state index contributed by atoms with van der Waals surface area (Å²) in [5.74, 6) is 0.821. The van der Waals surface area contributed by atoms with Gasteiger partial charge in [0.1, 0.15) is 0 Å². The topological polar surface area (TPSA) is 49.3 Å². The standard InChI is InChI=1S/C18H26N4S/c1-5-19-17(20-11-14-9-7-6-8-10-14)21-12-15-13-23-16(22-15)18(2,3)4/h6-10,13H,5,11-12H2,1-4H3,(H2,19,20,21). The van der Waals surface area contributed by atoms with E-state index >= 15 is 0 Å². The molecule has 0 aliphatic carbocycles. The monoisotopic (exact) mass is 330 g/mol. The number of aliphatic imine (C=N–C) groups is 1. The SMILES string of the molecule is CCNC(=NCc1ccccc1)NCc1csc(C(C)(C)C)n1. The van der Waals surface area contributed by atoms with Crippen LogP contribution >= 0.6 is 11.3 Å². The first-order chi connectivity index (χ1) is 11.0. The van der Waals surface area contributed by atoms with Crippen LogP contribution in [0.1, 0.15) is 44.0 Å². The summed E-state index contributed by atoms with van der Waals surface area (Å²) in [7, 11) is 0. The lowest BCUT2D eigenvalue weighted by Gasteiger charge is -2.14. The van der Waals surface area contributed by atoms with Crippen LogP contribution in [0.25, 0.3) is 0 Å². The number of aromatic nitrogens is 1. The van der Waals surface area contributed by atoms with Gasteiger partial charge in [0.2, 0.25) is 0 Å². The molecule has 0 bridgehead atoms. The van der Waals surface area contributed by atoms with Crippen molar-refractivity contribution < 1.29 is 0 Å². The van der Waals surface area contributed by atoms with Crippen LogP contribution < -0.4 is 10.6 Å². The summed E-state index contributed by atoms with van der Waals surface area (Å²) >= 11 is 1.72. The number of guanidine groups is 1. The summed E-state index contributed by atoms with van der Waals surface area (Å²) in [5.41, 5.74) is 2.37. The van der Waals surface area contributed by atoms with Crippen molar-refractivity contribution in [2.75, 3.05) is 6.54 Å². The summed E-state index contributed by atoms with van der Waals surface area (Å²) < 4.78 is 0. The van der Waals surface area contributed by atoms with E-state index in [2.05, 4.69) is 60.8 Å². The van der Waals surface area contributed by atoms with Gasteiger partial charge in [0.25, 0.3) is 0 Å². The summed E-state index contributed by atoms with van der Waals surface area (Å²) in [6.07, 6.45) is 0. The number of benzene rings is 1. The van der Waals surface area contributed by atoms with Crippen LogP contribution in [-0.4, -0.2) is 17.5 Å². The van der Waals surface area contributed by atoms with Crippen LogP contribution in [0.5, 0.6) is 0 Å². The maximum Gasteiger partial charge on any atom is 0.191 e. The van der Waals surface area contributed by atoms with Crippen LogP contribution in [-0.2, 0) is 18.5 Å². The van der Waals surface area contributed by atoms with Crippen LogP contribution in [0.3, 0.4) is 0 Å². The van der Waals surface area contributed by atoms with Crippen molar-refractivity contribution in [2.24, 2.45) is 4.99 Å². The minimum Gasteiger partial charge on any atom is -0.357 e. The average molecular weight is 331 g/mol. The fourth-order valence-electron chi connectivity index (χ4n) is 2.00. The molecule has 0 spiro atoms. The first-order valence-corrected chi connectivity index (χ1v) is 8.88. The molecule has 0 aliphatic heterocycles. The normalized spacial score (nSPS) is 12.3. The fraction of sp³-hybridized carbons (Fsp3) is 0.444. The Hall–Kier alpha value is -1.88. The van der Waals surface area contributed by atoms with E-state index in [-0.39, 0.29) is 5.41 Å². The molecule has 4 nitrogen and oxygen atoms in total. The number of hydrogen-bond donors (Lipinski definition) is 2. The molecule has 0 fully saturated rings. The lowest BCUT2D eigenvalue weighted by Crippen LogP contribution is -2.36. The maximum atomic E-state index is 4.71. The fourth-order valence-corrected chi connectivity index (χ4v) is 2.91. The number of rotatable bonds is 5. The van der Waals surface area contributed by atoms with Gasteiger partial charge in [-0.25, -0.2) is 9.98 Å². The highest BCUT2D eigenvalue weighted by molar-refractivity contribution is 7.09. The Morgan fingerprint density at radius 2 is 1.91 bits per heavy atom. The minimum atomic E-state index is 0.106. The van der Waals surface area contributed by atoms with Crippen LogP contribution in [0.2, 0.25) is 0 Å². The van der Waals surface area contributed by atoms with Crippen LogP contribution in [0.4, 0.5) is 0 Å². The van der Waals surface area contributed by atoms with E-state index < -0.39 is 0 Å². The smallest absolute Gasteiger partial charge is 0.191 e. The minimum absolute atomic E-state index is 0.106. The molecule has 23 heavy (non-hydrogen) atoms. The molecule has 0 saturated carbocycles. The molecule has 0 saturated heterocycles. The van der Waals surface area contributed by atoms with Gasteiger partial charge in [0.05, 0.1) is 23.8 Å². The molecule has 5 heteroatoms. The molecule has 124 valence electrons. The second kappa shape index (κ2) is 8.11. The van der Waals surface area contributed by atoms with Gasteiger partial charge in [-0.15, -0.1) is 11.3 Å². The van der Waals surface area contributed by atoms with E-state index in [1.807, 2.05) is 18.2 Å². The third-order valence-corrected chi connectivity index (χ3v) is 4.55. The first-order valence-electron chi connectivity index (χ1n) is 8.00. The lowest BCUT2D eigenvalue weighted by atomic mass is 9.98. The van der Waals surface area contributed by atoms with Crippen LogP contribution in [0, 0.1) is 0 Å². The third-order valence-electron chi connectivity index (χ3n) is 3.24. The largest absolute Gasteiger partial charge is 0.357 e. The van der Waals surface area contributed by atoms with Gasteiger partial charge in [-0.3, -0.25) is 0 Å². The zero-order valence-electron chi connectivity index (χ0n) is 14.4. The van der Waals surface area contributed by atoms with E-state index in [0.717, 1.165) is 18.2 Å². The molecule has 2 N–H and O–H groups in total. The molecule has 0 unspecified atom stereocenters. The highest BCUT2D eigenvalue weighted by atomic mass is 32.1. The first kappa shape index (κ1) is 17.5. The molecular weight excluding hydrogens is 304 g/mol. The molecule has 0 amide bonds. The quantitative estimate of drug-likeness (QED) is 0.649. The van der Waals surface area contributed by atoms with Gasteiger partial charge < -0.3 is 10.6 Å². The number of nitrogens with zero attached hydrogens (tertiary/aromatic N) is 2. The van der Waals surface area contributed by atoms with Crippen molar-refractivity contribution >= 4 is 17.3 Å². The summed E-state index contributed by atoms with van der Waals surface area (Å²) in [4.78, 5) is 9.33. The summed E-state index contributed by atoms with van der Waals surface area (Å²) in [6, 6.07) is 10.3. The van der Waals surface area contributed by atoms with E-state index in [0.29, 0.717) is 13.1 Å². The third kappa shape index (κ3) is 5.67. The molecule has 1 aromatic carbocycles. The second-order valence-electron chi connectivity index (χ2n) is 6.43. The van der Waals surface area contributed by atoms with Gasteiger partial charge in [0.15, 0.2) is 5.96 Å². The molecule has 2 aromatic rings. The molecule has 0 aliphatic rings. The predicted molar refractivity (Wildman–Crippen MR) is 98.9 cm³/mol. The molecule has 0 radical (unpaired) electrons. The number of nitrogens with one attached hydrogen (secondary N) is 2. The predicted octanol–water partition coefficient (Wildman–Crippen LogP) is 3.70. The van der Waals surface area contributed by atoms with Crippen molar-refractivity contribution in [3.63, 3.8) is 0 Å². The Balaban J connectivity index is 1.95. The van der Waals surface area contributed by atoms with Gasteiger partial charge in [-0.1, -0.05) is 51.1 Å². The van der Waals surface area contributed by atoms with Crippen molar-refractivity contribution in [1.29, 1.82) is 0 Å². The molecule has 2 rings (SSSR count). The molecule has 1 heterocycles. The Bertz CT molecular complexity index is 626. The Morgan fingerprint density at radius 3 is 2.52 bits per heavy atom. The average Bonchev–Trinajstić information content (AvgIpc) is 3.00. The molecular formula is C18H26N4S. The van der Waals surface area contributed by atoms with Crippen LogP contribution in [0.15, 0.2) is 40.7 Å². The lowest BCUT2D eigenvalue weighted by molar-refractivity contribution is 0.582. The van der Waals surface area contributed by atoms with Crippen molar-refractivity contribution in [3.05, 3.63) is 52.0 Å². The zero-order valence-corrected chi connectivity index (χ0v) is 15.2. The highest BCUT2D eigenvalue weighted by Gasteiger charge is 2.17. The van der Waals surface area contributed by atoms with Gasteiger partial charge in [-0.2, -0.15) is 0 Å². The van der Waals surface area contributed by atoms with E-state index in [9.17, 15) is 0 Å². The van der Waals surface area contributed by atoms with E-state index in [4.69, 9.17) is 4.98 Å². The van der Waals surface area contributed by atoms with E-state index in [1.54, 1.807) is 11.3 Å². The van der Waals surface area contributed by atoms with Gasteiger partial charge >= 0.3 is 0 Å². The highest BCUT2D eigenvalue weighted by Crippen LogP contribution is 2.25.